The van der Waals surface area contributed by atoms with Gasteiger partial charge in [-0.05, 0) is 35.7 Å². The molecular formula is C23H23ClN2O5. The van der Waals surface area contributed by atoms with Crippen LogP contribution in [0.3, 0.4) is 0 Å². The average molecular weight is 443 g/mol. The van der Waals surface area contributed by atoms with Crippen molar-refractivity contribution in [3.8, 4) is 11.5 Å². The second-order valence-electron chi connectivity index (χ2n) is 7.44. The number of halogens is 1. The van der Waals surface area contributed by atoms with E-state index in [4.69, 9.17) is 25.8 Å². The minimum Gasteiger partial charge on any atom is -0.469 e. The Kier molecular flexibility index (Phi) is 6.04. The first-order valence-corrected chi connectivity index (χ1v) is 10.5. The van der Waals surface area contributed by atoms with E-state index in [1.165, 1.54) is 7.11 Å². The van der Waals surface area contributed by atoms with Crippen molar-refractivity contribution in [1.29, 1.82) is 0 Å². The number of hydrogen-bond donors (Lipinski definition) is 2. The Morgan fingerprint density at radius 2 is 1.97 bits per heavy atom. The first-order valence-electron chi connectivity index (χ1n) is 9.94. The number of alkyl halides is 1. The highest BCUT2D eigenvalue weighted by Crippen LogP contribution is 2.38. The maximum Gasteiger partial charge on any atom is 0.308 e. The van der Waals surface area contributed by atoms with E-state index >= 15 is 0 Å². The first-order chi connectivity index (χ1) is 15.0. The van der Waals surface area contributed by atoms with Crippen LogP contribution in [-0.2, 0) is 20.7 Å². The van der Waals surface area contributed by atoms with E-state index in [2.05, 4.69) is 10.3 Å². The minimum absolute atomic E-state index is 0.159. The monoisotopic (exact) mass is 442 g/mol. The third-order valence-electron chi connectivity index (χ3n) is 5.41. The molecule has 1 aromatic heterocycles. The highest BCUT2D eigenvalue weighted by molar-refractivity contribution is 6.27. The van der Waals surface area contributed by atoms with Crippen molar-refractivity contribution in [1.82, 2.24) is 10.3 Å². The fourth-order valence-electron chi connectivity index (χ4n) is 3.89. The summed E-state index contributed by atoms with van der Waals surface area (Å²) in [6.45, 7) is 1.98. The van der Waals surface area contributed by atoms with Crippen LogP contribution >= 0.6 is 11.6 Å². The molecule has 1 unspecified atom stereocenters. The Morgan fingerprint density at radius 1 is 1.19 bits per heavy atom. The zero-order valence-electron chi connectivity index (χ0n) is 17.2. The van der Waals surface area contributed by atoms with Crippen LogP contribution in [0, 0.1) is 5.92 Å². The van der Waals surface area contributed by atoms with E-state index in [0.717, 1.165) is 27.7 Å². The number of ether oxygens (including phenoxy) is 3. The number of methoxy groups -OCH3 is 1. The minimum atomic E-state index is -0.520. The predicted octanol–water partition coefficient (Wildman–Crippen LogP) is 3.69. The lowest BCUT2D eigenvalue weighted by Gasteiger charge is -2.21. The standard InChI is InChI=1S/C23H23ClN2O5/c1-13(23(28)29-2)9-16-15-5-3-4-6-17(15)25-22(16)21(26-20(27)11-24)14-7-8-18-19(10-14)31-12-30-18/h3-8,10,13,21,25H,9,11-12H2,1-2H3,(H,26,27)/t13?,21-/m1/s1. The normalized spacial score (nSPS) is 14.3. The molecule has 1 aliphatic rings. The molecule has 7 nitrogen and oxygen atoms in total. The van der Waals surface area contributed by atoms with E-state index in [1.54, 1.807) is 0 Å². The molecule has 2 heterocycles. The van der Waals surface area contributed by atoms with Crippen molar-refractivity contribution in [3.05, 3.63) is 59.3 Å². The van der Waals surface area contributed by atoms with E-state index < -0.39 is 6.04 Å². The Bertz CT molecular complexity index is 1130. The second kappa shape index (κ2) is 8.89. The number of fused-ring (bicyclic) bond motifs is 2. The Hall–Kier alpha value is -3.19. The lowest BCUT2D eigenvalue weighted by Crippen LogP contribution is -2.31. The van der Waals surface area contributed by atoms with Crippen molar-refractivity contribution in [3.63, 3.8) is 0 Å². The molecule has 2 N–H and O–H groups in total. The molecule has 4 rings (SSSR count). The van der Waals surface area contributed by atoms with E-state index in [1.807, 2.05) is 49.4 Å². The molecule has 1 amide bonds. The number of carbonyl (C=O) groups is 2. The summed E-state index contributed by atoms with van der Waals surface area (Å²) in [7, 11) is 1.38. The van der Waals surface area contributed by atoms with Gasteiger partial charge in [0.05, 0.1) is 19.1 Å². The molecule has 0 aliphatic carbocycles. The first kappa shape index (κ1) is 21.1. The number of benzene rings is 2. The van der Waals surface area contributed by atoms with Crippen LogP contribution in [0.2, 0.25) is 0 Å². The maximum atomic E-state index is 12.3. The van der Waals surface area contributed by atoms with Crippen LogP contribution in [-0.4, -0.2) is 36.6 Å². The van der Waals surface area contributed by atoms with Gasteiger partial charge < -0.3 is 24.5 Å². The van der Waals surface area contributed by atoms with Gasteiger partial charge >= 0.3 is 5.97 Å². The number of amides is 1. The molecule has 3 aromatic rings. The Balaban J connectivity index is 1.84. The van der Waals surface area contributed by atoms with Gasteiger partial charge in [-0.3, -0.25) is 9.59 Å². The van der Waals surface area contributed by atoms with Gasteiger partial charge in [-0.15, -0.1) is 11.6 Å². The molecule has 8 heteroatoms. The van der Waals surface area contributed by atoms with Crippen LogP contribution in [0.15, 0.2) is 42.5 Å². The van der Waals surface area contributed by atoms with E-state index in [9.17, 15) is 9.59 Å². The number of aromatic amines is 1. The number of H-pyrrole nitrogens is 1. The molecule has 2 aromatic carbocycles. The van der Waals surface area contributed by atoms with Crippen LogP contribution in [0.4, 0.5) is 0 Å². The van der Waals surface area contributed by atoms with Gasteiger partial charge in [-0.1, -0.05) is 31.2 Å². The van der Waals surface area contributed by atoms with Gasteiger partial charge in [-0.25, -0.2) is 0 Å². The van der Waals surface area contributed by atoms with Crippen LogP contribution in [0.1, 0.15) is 29.8 Å². The van der Waals surface area contributed by atoms with Crippen molar-refractivity contribution >= 4 is 34.4 Å². The Morgan fingerprint density at radius 3 is 2.74 bits per heavy atom. The summed E-state index contributed by atoms with van der Waals surface area (Å²) in [5, 5.41) is 3.98. The highest BCUT2D eigenvalue weighted by atomic mass is 35.5. The number of nitrogens with one attached hydrogen (secondary N) is 2. The van der Waals surface area contributed by atoms with Gasteiger partial charge in [0, 0.05) is 16.6 Å². The summed E-state index contributed by atoms with van der Waals surface area (Å²) >= 11 is 5.80. The zero-order chi connectivity index (χ0) is 22.0. The second-order valence-corrected chi connectivity index (χ2v) is 7.71. The number of rotatable bonds is 7. The van der Waals surface area contributed by atoms with Crippen molar-refractivity contribution in [2.45, 2.75) is 19.4 Å². The van der Waals surface area contributed by atoms with Gasteiger partial charge in [0.15, 0.2) is 11.5 Å². The molecule has 0 bridgehead atoms. The molecule has 0 spiro atoms. The smallest absolute Gasteiger partial charge is 0.308 e. The fourth-order valence-corrected chi connectivity index (χ4v) is 3.97. The summed E-state index contributed by atoms with van der Waals surface area (Å²) in [6.07, 6.45) is 0.448. The van der Waals surface area contributed by atoms with Gasteiger partial charge in [0.25, 0.3) is 0 Å². The van der Waals surface area contributed by atoms with Crippen molar-refractivity contribution < 1.29 is 23.8 Å². The SMILES string of the molecule is COC(=O)C(C)Cc1c([C@H](NC(=O)CCl)c2ccc3c(c2)OCO3)[nH]c2ccccc12. The van der Waals surface area contributed by atoms with Crippen molar-refractivity contribution in [2.24, 2.45) is 5.92 Å². The molecular weight excluding hydrogens is 420 g/mol. The molecule has 0 saturated heterocycles. The summed E-state index contributed by atoms with van der Waals surface area (Å²) < 4.78 is 15.9. The third-order valence-corrected chi connectivity index (χ3v) is 5.65. The fraction of sp³-hybridized carbons (Fsp3) is 0.304. The zero-order valence-corrected chi connectivity index (χ0v) is 18.0. The highest BCUT2D eigenvalue weighted by Gasteiger charge is 2.27. The lowest BCUT2D eigenvalue weighted by atomic mass is 9.93. The third kappa shape index (κ3) is 4.18. The topological polar surface area (TPSA) is 89.7 Å². The van der Waals surface area contributed by atoms with Crippen LogP contribution < -0.4 is 14.8 Å². The Labute approximate surface area is 184 Å². The number of esters is 1. The summed E-state index contributed by atoms with van der Waals surface area (Å²) in [6, 6.07) is 12.9. The average Bonchev–Trinajstić information content (AvgIpc) is 3.41. The summed E-state index contributed by atoms with van der Waals surface area (Å²) in [5.74, 6) is 0.139. The number of aromatic nitrogens is 1. The largest absolute Gasteiger partial charge is 0.469 e. The number of para-hydroxylation sites is 1. The van der Waals surface area contributed by atoms with Gasteiger partial charge in [0.1, 0.15) is 5.88 Å². The summed E-state index contributed by atoms with van der Waals surface area (Å²) in [4.78, 5) is 27.9. The number of hydrogen-bond acceptors (Lipinski definition) is 5. The molecule has 162 valence electrons. The predicted molar refractivity (Wildman–Crippen MR) is 116 cm³/mol. The molecule has 2 atom stereocenters. The van der Waals surface area contributed by atoms with E-state index in [-0.39, 0.29) is 30.5 Å². The van der Waals surface area contributed by atoms with Gasteiger partial charge in [0.2, 0.25) is 12.7 Å². The summed E-state index contributed by atoms with van der Waals surface area (Å²) in [5.41, 5.74) is 3.44. The van der Waals surface area contributed by atoms with Crippen LogP contribution in [0.25, 0.3) is 10.9 Å². The molecule has 0 fully saturated rings. The van der Waals surface area contributed by atoms with Crippen LogP contribution in [0.5, 0.6) is 11.5 Å². The molecule has 1 aliphatic heterocycles. The van der Waals surface area contributed by atoms with Gasteiger partial charge in [-0.2, -0.15) is 0 Å². The molecule has 31 heavy (non-hydrogen) atoms. The number of carbonyl (C=O) groups excluding carboxylic acids is 2. The molecule has 0 radical (unpaired) electrons. The van der Waals surface area contributed by atoms with E-state index in [0.29, 0.717) is 17.9 Å². The maximum absolute atomic E-state index is 12.3. The quantitative estimate of drug-likeness (QED) is 0.430. The lowest BCUT2D eigenvalue weighted by molar-refractivity contribution is -0.144. The van der Waals surface area contributed by atoms with Crippen molar-refractivity contribution in [2.75, 3.05) is 19.8 Å². The molecule has 0 saturated carbocycles.